The lowest BCUT2D eigenvalue weighted by Gasteiger charge is -2.22. The number of rotatable bonds is 4. The van der Waals surface area contributed by atoms with Crippen molar-refractivity contribution in [1.82, 2.24) is 5.32 Å². The first-order chi connectivity index (χ1) is 7.30. The summed E-state index contributed by atoms with van der Waals surface area (Å²) in [5.74, 6) is 0.769. The van der Waals surface area contributed by atoms with Crippen molar-refractivity contribution >= 4 is 0 Å². The molecule has 1 unspecified atom stereocenters. The molecule has 94 valence electrons. The van der Waals surface area contributed by atoms with E-state index in [0.717, 1.165) is 32.0 Å². The molecule has 1 saturated carbocycles. The van der Waals surface area contributed by atoms with E-state index in [4.69, 9.17) is 10.5 Å². The van der Waals surface area contributed by atoms with Crippen LogP contribution < -0.4 is 11.1 Å². The largest absolute Gasteiger partial charge is 0.379 e. The van der Waals surface area contributed by atoms with Crippen LogP contribution in [0.15, 0.2) is 0 Å². The van der Waals surface area contributed by atoms with E-state index in [-0.39, 0.29) is 5.54 Å². The van der Waals surface area contributed by atoms with E-state index in [0.29, 0.717) is 17.4 Å². The van der Waals surface area contributed by atoms with Crippen molar-refractivity contribution in [2.24, 2.45) is 22.5 Å². The molecule has 3 N–H and O–H groups in total. The summed E-state index contributed by atoms with van der Waals surface area (Å²) in [6, 6.07) is 0. The molecule has 1 aliphatic heterocycles. The van der Waals surface area contributed by atoms with Gasteiger partial charge in [0.1, 0.15) is 0 Å². The Kier molecular flexibility index (Phi) is 2.84. The Bertz CT molecular complexity index is 253. The van der Waals surface area contributed by atoms with E-state index in [2.05, 4.69) is 33.0 Å². The molecule has 0 radical (unpaired) electrons. The first-order valence-electron chi connectivity index (χ1n) is 6.37. The minimum Gasteiger partial charge on any atom is -0.379 e. The topological polar surface area (TPSA) is 47.3 Å². The predicted molar refractivity (Wildman–Crippen MR) is 66.3 cm³/mol. The van der Waals surface area contributed by atoms with E-state index in [9.17, 15) is 0 Å². The van der Waals surface area contributed by atoms with Gasteiger partial charge in [0, 0.05) is 13.2 Å². The van der Waals surface area contributed by atoms with Crippen LogP contribution in [0.1, 0.15) is 34.1 Å². The molecule has 0 amide bonds. The minimum absolute atomic E-state index is 0.122. The van der Waals surface area contributed by atoms with Gasteiger partial charge in [-0.1, -0.05) is 27.7 Å². The van der Waals surface area contributed by atoms with Crippen molar-refractivity contribution in [1.29, 1.82) is 0 Å². The van der Waals surface area contributed by atoms with Gasteiger partial charge in [-0.3, -0.25) is 0 Å². The lowest BCUT2D eigenvalue weighted by atomic mass is 10.0. The summed E-state index contributed by atoms with van der Waals surface area (Å²) < 4.78 is 5.35. The van der Waals surface area contributed by atoms with Crippen LogP contribution in [0.4, 0.5) is 0 Å². The summed E-state index contributed by atoms with van der Waals surface area (Å²) in [5.41, 5.74) is 7.02. The van der Waals surface area contributed by atoms with Crippen LogP contribution in [0.3, 0.4) is 0 Å². The number of nitrogens with one attached hydrogen (secondary N) is 1. The quantitative estimate of drug-likeness (QED) is 0.761. The first-order valence-corrected chi connectivity index (χ1v) is 6.37. The van der Waals surface area contributed by atoms with Gasteiger partial charge in [0.25, 0.3) is 0 Å². The van der Waals surface area contributed by atoms with E-state index in [1.807, 2.05) is 0 Å². The average molecular weight is 226 g/mol. The van der Waals surface area contributed by atoms with Gasteiger partial charge in [-0.25, -0.2) is 0 Å². The molecule has 0 aromatic carbocycles. The van der Waals surface area contributed by atoms with Crippen molar-refractivity contribution in [3.05, 3.63) is 0 Å². The Morgan fingerprint density at radius 2 is 1.88 bits per heavy atom. The van der Waals surface area contributed by atoms with Crippen LogP contribution in [0.25, 0.3) is 0 Å². The van der Waals surface area contributed by atoms with E-state index >= 15 is 0 Å². The maximum atomic E-state index is 6.21. The summed E-state index contributed by atoms with van der Waals surface area (Å²) in [4.78, 5) is 0. The zero-order valence-corrected chi connectivity index (χ0v) is 11.1. The number of ether oxygens (including phenoxy) is 1. The summed E-state index contributed by atoms with van der Waals surface area (Å²) >= 11 is 0. The molecule has 0 bridgehead atoms. The fourth-order valence-electron chi connectivity index (χ4n) is 3.07. The summed E-state index contributed by atoms with van der Waals surface area (Å²) in [5, 5.41) is 3.54. The Balaban J connectivity index is 1.74. The number of hydrogen-bond donors (Lipinski definition) is 2. The fraction of sp³-hybridized carbons (Fsp3) is 1.00. The van der Waals surface area contributed by atoms with Crippen molar-refractivity contribution < 1.29 is 4.74 Å². The zero-order valence-electron chi connectivity index (χ0n) is 11.1. The lowest BCUT2D eigenvalue weighted by molar-refractivity contribution is 0.177. The van der Waals surface area contributed by atoms with Crippen LogP contribution in [0, 0.1) is 16.7 Å². The molecule has 0 aromatic heterocycles. The minimum atomic E-state index is -0.122. The molecule has 2 fully saturated rings. The van der Waals surface area contributed by atoms with Crippen molar-refractivity contribution in [2.75, 3.05) is 26.3 Å². The third-order valence-corrected chi connectivity index (χ3v) is 5.28. The fourth-order valence-corrected chi connectivity index (χ4v) is 3.07. The third kappa shape index (κ3) is 1.89. The highest BCUT2D eigenvalue weighted by atomic mass is 16.5. The van der Waals surface area contributed by atoms with Gasteiger partial charge in [-0.2, -0.15) is 0 Å². The van der Waals surface area contributed by atoms with Gasteiger partial charge in [-0.05, 0) is 29.7 Å². The second kappa shape index (κ2) is 3.69. The van der Waals surface area contributed by atoms with Gasteiger partial charge in [0.15, 0.2) is 0 Å². The lowest BCUT2D eigenvalue weighted by Crippen LogP contribution is -2.49. The van der Waals surface area contributed by atoms with E-state index in [1.54, 1.807) is 0 Å². The summed E-state index contributed by atoms with van der Waals surface area (Å²) in [6.45, 7) is 12.9. The molecule has 3 heteroatoms. The van der Waals surface area contributed by atoms with Crippen LogP contribution in [0.5, 0.6) is 0 Å². The number of hydrogen-bond acceptors (Lipinski definition) is 3. The normalized spacial score (nSPS) is 36.6. The van der Waals surface area contributed by atoms with Crippen LogP contribution >= 0.6 is 0 Å². The van der Waals surface area contributed by atoms with E-state index in [1.165, 1.54) is 0 Å². The van der Waals surface area contributed by atoms with Crippen LogP contribution in [-0.4, -0.2) is 31.8 Å². The maximum Gasteiger partial charge on any atom is 0.0659 e. The molecule has 1 atom stereocenters. The molecule has 3 nitrogen and oxygen atoms in total. The molecule has 1 aliphatic carbocycles. The van der Waals surface area contributed by atoms with Gasteiger partial charge in [-0.15, -0.1) is 0 Å². The molecule has 16 heavy (non-hydrogen) atoms. The third-order valence-electron chi connectivity index (χ3n) is 5.28. The van der Waals surface area contributed by atoms with Crippen LogP contribution in [0.2, 0.25) is 0 Å². The Morgan fingerprint density at radius 3 is 2.31 bits per heavy atom. The van der Waals surface area contributed by atoms with Gasteiger partial charge < -0.3 is 15.8 Å². The smallest absolute Gasteiger partial charge is 0.0659 e. The maximum absolute atomic E-state index is 6.21. The molecule has 0 spiro atoms. The van der Waals surface area contributed by atoms with Gasteiger partial charge in [0.2, 0.25) is 0 Å². The second-order valence-corrected chi connectivity index (χ2v) is 6.79. The molecular formula is C13H26N2O. The highest BCUT2D eigenvalue weighted by Gasteiger charge is 2.63. The standard InChI is InChI=1S/C13H26N2O/c1-11(2)10(12(11,3)4)7-15-8-13(14)5-6-16-9-13/h10,15H,5-9,14H2,1-4H3. The molecule has 1 saturated heterocycles. The molecule has 2 aliphatic rings. The summed E-state index contributed by atoms with van der Waals surface area (Å²) in [6.07, 6.45) is 0.984. The highest BCUT2D eigenvalue weighted by molar-refractivity contribution is 5.13. The van der Waals surface area contributed by atoms with Gasteiger partial charge in [0.05, 0.1) is 12.1 Å². The Morgan fingerprint density at radius 1 is 1.25 bits per heavy atom. The molecule has 1 heterocycles. The van der Waals surface area contributed by atoms with Crippen molar-refractivity contribution in [2.45, 2.75) is 39.7 Å². The van der Waals surface area contributed by atoms with Crippen molar-refractivity contribution in [3.63, 3.8) is 0 Å². The monoisotopic (exact) mass is 226 g/mol. The van der Waals surface area contributed by atoms with Crippen molar-refractivity contribution in [3.8, 4) is 0 Å². The highest BCUT2D eigenvalue weighted by Crippen LogP contribution is 2.67. The summed E-state index contributed by atoms with van der Waals surface area (Å²) in [7, 11) is 0. The first kappa shape index (κ1) is 12.3. The Labute approximate surface area is 99.1 Å². The van der Waals surface area contributed by atoms with Gasteiger partial charge >= 0.3 is 0 Å². The average Bonchev–Trinajstić information content (AvgIpc) is 2.56. The predicted octanol–water partition coefficient (Wildman–Crippen LogP) is 1.38. The van der Waals surface area contributed by atoms with E-state index < -0.39 is 0 Å². The molecule has 2 rings (SSSR count). The molecular weight excluding hydrogens is 200 g/mol. The number of nitrogens with two attached hydrogens (primary N) is 1. The Hall–Kier alpha value is -0.120. The zero-order chi connectivity index (χ0) is 12.0. The second-order valence-electron chi connectivity index (χ2n) is 6.79. The molecule has 0 aromatic rings. The SMILES string of the molecule is CC1(C)C(CNCC2(N)CCOC2)C1(C)C. The van der Waals surface area contributed by atoms with Crippen LogP contribution in [-0.2, 0) is 4.74 Å².